The molecule has 0 atom stereocenters. The monoisotopic (exact) mass is 239 g/mol. The van der Waals surface area contributed by atoms with Crippen molar-refractivity contribution < 1.29 is 13.0 Å². The van der Waals surface area contributed by atoms with Crippen LogP contribution in [0.15, 0.2) is 36.3 Å². The van der Waals surface area contributed by atoms with Crippen LogP contribution in [0.3, 0.4) is 0 Å². The maximum Gasteiger partial charge on any atom is 0.295 e. The molecule has 0 aromatic heterocycles. The van der Waals surface area contributed by atoms with Crippen LogP contribution in [0.2, 0.25) is 0 Å². The van der Waals surface area contributed by atoms with Gasteiger partial charge in [-0.25, -0.2) is 0 Å². The van der Waals surface area contributed by atoms with Gasteiger partial charge in [0.15, 0.2) is 0 Å². The summed E-state index contributed by atoms with van der Waals surface area (Å²) in [5, 5.41) is 2.82. The number of hydrogen-bond donors (Lipinski definition) is 2. The molecule has 0 aliphatic rings. The van der Waals surface area contributed by atoms with E-state index in [1.165, 1.54) is 18.2 Å². The summed E-state index contributed by atoms with van der Waals surface area (Å²) in [6.45, 7) is 7.28. The summed E-state index contributed by atoms with van der Waals surface area (Å²) >= 11 is 0. The second kappa shape index (κ2) is 4.51. The lowest BCUT2D eigenvalue weighted by molar-refractivity contribution is 0.483. The first-order chi connectivity index (χ1) is 7.41. The normalized spacial score (nSPS) is 10.9. The lowest BCUT2D eigenvalue weighted by atomic mass is 10.1. The Hall–Kier alpha value is -1.59. The number of hydrogen-bond acceptors (Lipinski definition) is 3. The molecule has 0 amide bonds. The van der Waals surface area contributed by atoms with Crippen LogP contribution < -0.4 is 5.32 Å². The first-order valence-corrected chi connectivity index (χ1v) is 5.95. The second-order valence-corrected chi connectivity index (χ2v) is 4.52. The van der Waals surface area contributed by atoms with Gasteiger partial charge in [0.2, 0.25) is 0 Å². The number of rotatable bonds is 4. The third-order valence-electron chi connectivity index (χ3n) is 2.18. The van der Waals surface area contributed by atoms with Gasteiger partial charge in [-0.3, -0.25) is 4.55 Å². The quantitative estimate of drug-likeness (QED) is 0.786. The zero-order chi connectivity index (χ0) is 12.3. The van der Waals surface area contributed by atoms with E-state index in [2.05, 4.69) is 18.5 Å². The van der Waals surface area contributed by atoms with E-state index < -0.39 is 10.1 Å². The van der Waals surface area contributed by atoms with E-state index in [1.807, 2.05) is 0 Å². The predicted octanol–water partition coefficient (Wildman–Crippen LogP) is 1.77. The Kier molecular flexibility index (Phi) is 3.51. The SMILES string of the molecule is C=Cc1c(C(=C)NC)cccc1S(=O)(=O)O. The molecule has 1 rings (SSSR count). The highest BCUT2D eigenvalue weighted by Crippen LogP contribution is 2.24. The highest BCUT2D eigenvalue weighted by Gasteiger charge is 2.16. The van der Waals surface area contributed by atoms with Crippen LogP contribution in [0, 0.1) is 0 Å². The van der Waals surface area contributed by atoms with Crippen molar-refractivity contribution in [1.29, 1.82) is 0 Å². The zero-order valence-electron chi connectivity index (χ0n) is 8.90. The van der Waals surface area contributed by atoms with Gasteiger partial charge < -0.3 is 5.32 Å². The zero-order valence-corrected chi connectivity index (χ0v) is 9.71. The molecular formula is C11H13NO3S. The van der Waals surface area contributed by atoms with E-state index in [0.29, 0.717) is 16.8 Å². The summed E-state index contributed by atoms with van der Waals surface area (Å²) < 4.78 is 31.3. The van der Waals surface area contributed by atoms with Crippen LogP contribution in [-0.2, 0) is 10.1 Å². The maximum absolute atomic E-state index is 11.1. The molecule has 0 radical (unpaired) electrons. The summed E-state index contributed by atoms with van der Waals surface area (Å²) in [6, 6.07) is 4.55. The molecule has 0 spiro atoms. The van der Waals surface area contributed by atoms with Crippen LogP contribution in [0.4, 0.5) is 0 Å². The summed E-state index contributed by atoms with van der Waals surface area (Å²) in [5.41, 5.74) is 1.48. The van der Waals surface area contributed by atoms with Gasteiger partial charge in [0.05, 0.1) is 0 Å². The van der Waals surface area contributed by atoms with Crippen molar-refractivity contribution in [2.24, 2.45) is 0 Å². The Bertz CT molecular complexity index is 532. The molecule has 1 aromatic carbocycles. The molecule has 0 fully saturated rings. The van der Waals surface area contributed by atoms with Gasteiger partial charge in [-0.05, 0) is 6.07 Å². The third-order valence-corrected chi connectivity index (χ3v) is 3.09. The highest BCUT2D eigenvalue weighted by atomic mass is 32.2. The molecule has 0 bridgehead atoms. The molecular weight excluding hydrogens is 226 g/mol. The summed E-state index contributed by atoms with van der Waals surface area (Å²) in [5.74, 6) is 0. The Morgan fingerprint density at radius 3 is 2.56 bits per heavy atom. The molecule has 0 aliphatic heterocycles. The number of nitrogens with one attached hydrogen (secondary N) is 1. The lowest BCUT2D eigenvalue weighted by Crippen LogP contribution is -2.08. The summed E-state index contributed by atoms with van der Waals surface area (Å²) in [6.07, 6.45) is 1.38. The molecule has 86 valence electrons. The molecule has 0 saturated carbocycles. The molecule has 0 heterocycles. The fourth-order valence-electron chi connectivity index (χ4n) is 1.38. The Morgan fingerprint density at radius 1 is 1.50 bits per heavy atom. The van der Waals surface area contributed by atoms with E-state index >= 15 is 0 Å². The maximum atomic E-state index is 11.1. The van der Waals surface area contributed by atoms with E-state index in [1.54, 1.807) is 13.1 Å². The lowest BCUT2D eigenvalue weighted by Gasteiger charge is -2.11. The summed E-state index contributed by atoms with van der Waals surface area (Å²) in [4.78, 5) is -0.170. The van der Waals surface area contributed by atoms with Gasteiger partial charge in [-0.1, -0.05) is 31.4 Å². The van der Waals surface area contributed by atoms with Crippen molar-refractivity contribution in [3.8, 4) is 0 Å². The first-order valence-electron chi connectivity index (χ1n) is 4.51. The summed E-state index contributed by atoms with van der Waals surface area (Å²) in [7, 11) is -2.57. The van der Waals surface area contributed by atoms with E-state index in [4.69, 9.17) is 4.55 Å². The van der Waals surface area contributed by atoms with Crippen molar-refractivity contribution in [1.82, 2.24) is 5.32 Å². The Morgan fingerprint density at radius 2 is 2.12 bits per heavy atom. The third kappa shape index (κ3) is 2.32. The van der Waals surface area contributed by atoms with Crippen molar-refractivity contribution in [2.45, 2.75) is 4.90 Å². The molecule has 0 aliphatic carbocycles. The standard InChI is InChI=1S/C11H13NO3S/c1-4-9-10(8(2)12-3)6-5-7-11(9)16(13,14)15/h4-7,12H,1-2H2,3H3,(H,13,14,15). The van der Waals surface area contributed by atoms with E-state index in [9.17, 15) is 8.42 Å². The minimum Gasteiger partial charge on any atom is -0.388 e. The van der Waals surface area contributed by atoms with Gasteiger partial charge in [0.25, 0.3) is 10.1 Å². The minimum absolute atomic E-state index is 0.170. The molecule has 5 heteroatoms. The van der Waals surface area contributed by atoms with Gasteiger partial charge in [-0.15, -0.1) is 0 Å². The topological polar surface area (TPSA) is 66.4 Å². The average molecular weight is 239 g/mol. The molecule has 0 saturated heterocycles. The molecule has 2 N–H and O–H groups in total. The van der Waals surface area contributed by atoms with Crippen LogP contribution in [-0.4, -0.2) is 20.0 Å². The highest BCUT2D eigenvalue weighted by molar-refractivity contribution is 7.85. The molecule has 16 heavy (non-hydrogen) atoms. The van der Waals surface area contributed by atoms with Crippen molar-refractivity contribution in [2.75, 3.05) is 7.05 Å². The fraction of sp³-hybridized carbons (Fsp3) is 0.0909. The smallest absolute Gasteiger partial charge is 0.295 e. The van der Waals surface area contributed by atoms with Gasteiger partial charge >= 0.3 is 0 Å². The van der Waals surface area contributed by atoms with Crippen molar-refractivity contribution >= 4 is 21.9 Å². The van der Waals surface area contributed by atoms with Crippen molar-refractivity contribution in [3.63, 3.8) is 0 Å². The first kappa shape index (κ1) is 12.5. The average Bonchev–Trinajstić information content (AvgIpc) is 2.25. The van der Waals surface area contributed by atoms with E-state index in [0.717, 1.165) is 0 Å². The Balaban J connectivity index is 3.56. The van der Waals surface area contributed by atoms with Gasteiger partial charge in [0.1, 0.15) is 4.90 Å². The fourth-order valence-corrected chi connectivity index (χ4v) is 2.10. The molecule has 1 aromatic rings. The van der Waals surface area contributed by atoms with Crippen LogP contribution in [0.5, 0.6) is 0 Å². The van der Waals surface area contributed by atoms with Crippen molar-refractivity contribution in [3.05, 3.63) is 42.5 Å². The van der Waals surface area contributed by atoms with Crippen LogP contribution in [0.25, 0.3) is 11.8 Å². The van der Waals surface area contributed by atoms with E-state index in [-0.39, 0.29) is 4.90 Å². The number of benzene rings is 1. The Labute approximate surface area is 95.1 Å². The predicted molar refractivity (Wildman–Crippen MR) is 64.4 cm³/mol. The molecule has 4 nitrogen and oxygen atoms in total. The van der Waals surface area contributed by atoms with Crippen LogP contribution in [0.1, 0.15) is 11.1 Å². The molecule has 0 unspecified atom stereocenters. The van der Waals surface area contributed by atoms with Crippen LogP contribution >= 0.6 is 0 Å². The largest absolute Gasteiger partial charge is 0.388 e. The van der Waals surface area contributed by atoms with Gasteiger partial charge in [-0.2, -0.15) is 8.42 Å². The minimum atomic E-state index is -4.25. The van der Waals surface area contributed by atoms with Gasteiger partial charge in [0, 0.05) is 23.9 Å². The second-order valence-electron chi connectivity index (χ2n) is 3.13.